The Bertz CT molecular complexity index is 161. The maximum atomic E-state index is 10.1. The van der Waals surface area contributed by atoms with Crippen LogP contribution in [0.5, 0.6) is 0 Å². The monoisotopic (exact) mass is 139 g/mol. The first-order chi connectivity index (χ1) is 4.84. The molecule has 0 atom stereocenters. The lowest BCUT2D eigenvalue weighted by atomic mass is 9.98. The van der Waals surface area contributed by atoms with Crippen molar-refractivity contribution < 1.29 is 4.79 Å². The van der Waals surface area contributed by atoms with Crippen molar-refractivity contribution in [1.82, 2.24) is 5.32 Å². The maximum Gasteiger partial charge on any atom is 0.211 e. The highest BCUT2D eigenvalue weighted by atomic mass is 16.1. The van der Waals surface area contributed by atoms with Gasteiger partial charge in [0.2, 0.25) is 6.41 Å². The summed E-state index contributed by atoms with van der Waals surface area (Å²) in [5.41, 5.74) is 2.49. The molecule has 1 aliphatic carbocycles. The quantitative estimate of drug-likeness (QED) is 0.578. The van der Waals surface area contributed by atoms with E-state index in [4.69, 9.17) is 0 Å². The fraction of sp³-hybridized carbons (Fsp3) is 0.625. The molecule has 2 nitrogen and oxygen atoms in total. The molecule has 0 saturated heterocycles. The minimum atomic E-state index is 0.768. The molecule has 0 aliphatic heterocycles. The van der Waals surface area contributed by atoms with Crippen LogP contribution in [0.25, 0.3) is 0 Å². The topological polar surface area (TPSA) is 29.1 Å². The number of nitrogens with one attached hydrogen (secondary N) is 1. The maximum absolute atomic E-state index is 10.1. The lowest BCUT2D eigenvalue weighted by molar-refractivity contribution is -0.109. The molecule has 2 heteroatoms. The minimum Gasteiger partial charge on any atom is -0.332 e. The summed E-state index contributed by atoms with van der Waals surface area (Å²) in [4.78, 5) is 10.1. The molecule has 0 aromatic carbocycles. The molecule has 0 radical (unpaired) electrons. The van der Waals surface area contributed by atoms with Gasteiger partial charge < -0.3 is 5.32 Å². The van der Waals surface area contributed by atoms with Gasteiger partial charge in [0.05, 0.1) is 0 Å². The number of hydrogen-bond acceptors (Lipinski definition) is 1. The van der Waals surface area contributed by atoms with Crippen LogP contribution in [0.3, 0.4) is 0 Å². The van der Waals surface area contributed by atoms with Crippen molar-refractivity contribution in [3.8, 4) is 0 Å². The Hall–Kier alpha value is -0.790. The third kappa shape index (κ3) is 1.59. The molecule has 1 N–H and O–H groups in total. The van der Waals surface area contributed by atoms with Crippen molar-refractivity contribution in [1.29, 1.82) is 0 Å². The lowest BCUT2D eigenvalue weighted by Crippen LogP contribution is -2.14. The molecule has 1 amide bonds. The lowest BCUT2D eigenvalue weighted by Gasteiger charge is -2.15. The smallest absolute Gasteiger partial charge is 0.211 e. The van der Waals surface area contributed by atoms with Crippen molar-refractivity contribution in [2.45, 2.75) is 32.6 Å². The van der Waals surface area contributed by atoms with Crippen LogP contribution in [0.2, 0.25) is 0 Å². The summed E-state index contributed by atoms with van der Waals surface area (Å²) in [5.74, 6) is 0. The van der Waals surface area contributed by atoms with E-state index in [1.54, 1.807) is 0 Å². The highest BCUT2D eigenvalue weighted by Gasteiger charge is 2.06. The Morgan fingerprint density at radius 3 is 2.70 bits per heavy atom. The second-order valence-electron chi connectivity index (χ2n) is 2.73. The summed E-state index contributed by atoms with van der Waals surface area (Å²) >= 11 is 0. The summed E-state index contributed by atoms with van der Waals surface area (Å²) in [6, 6.07) is 0. The Morgan fingerprint density at radius 1 is 1.40 bits per heavy atom. The summed E-state index contributed by atoms with van der Waals surface area (Å²) < 4.78 is 0. The summed E-state index contributed by atoms with van der Waals surface area (Å²) in [6.45, 7) is 2.09. The molecule has 1 rings (SSSR count). The molecular weight excluding hydrogens is 126 g/mol. The third-order valence-corrected chi connectivity index (χ3v) is 1.98. The van der Waals surface area contributed by atoms with Gasteiger partial charge in [-0.3, -0.25) is 4.79 Å². The van der Waals surface area contributed by atoms with Gasteiger partial charge in [-0.15, -0.1) is 0 Å². The van der Waals surface area contributed by atoms with E-state index in [9.17, 15) is 4.79 Å². The fourth-order valence-electron chi connectivity index (χ4n) is 1.32. The van der Waals surface area contributed by atoms with Crippen LogP contribution in [0, 0.1) is 0 Å². The first-order valence-electron chi connectivity index (χ1n) is 3.73. The van der Waals surface area contributed by atoms with E-state index in [0.717, 1.165) is 24.9 Å². The third-order valence-electron chi connectivity index (χ3n) is 1.98. The van der Waals surface area contributed by atoms with Crippen molar-refractivity contribution in [2.75, 3.05) is 0 Å². The molecule has 0 aromatic rings. The minimum absolute atomic E-state index is 0.768. The fourth-order valence-corrected chi connectivity index (χ4v) is 1.32. The molecule has 0 unspecified atom stereocenters. The molecular formula is C8H13NO. The van der Waals surface area contributed by atoms with Gasteiger partial charge in [0, 0.05) is 5.70 Å². The van der Waals surface area contributed by atoms with Gasteiger partial charge in [-0.05, 0) is 32.6 Å². The summed E-state index contributed by atoms with van der Waals surface area (Å²) in [6.07, 6.45) is 5.45. The Labute approximate surface area is 61.3 Å². The zero-order chi connectivity index (χ0) is 7.40. The van der Waals surface area contributed by atoms with Gasteiger partial charge in [0.1, 0.15) is 0 Å². The second-order valence-corrected chi connectivity index (χ2v) is 2.73. The molecule has 0 saturated carbocycles. The largest absolute Gasteiger partial charge is 0.332 e. The normalized spacial score (nSPS) is 18.9. The van der Waals surface area contributed by atoms with Gasteiger partial charge >= 0.3 is 0 Å². The van der Waals surface area contributed by atoms with E-state index in [0.29, 0.717) is 0 Å². The van der Waals surface area contributed by atoms with Crippen molar-refractivity contribution in [3.63, 3.8) is 0 Å². The molecule has 56 valence electrons. The zero-order valence-corrected chi connectivity index (χ0v) is 6.31. The van der Waals surface area contributed by atoms with E-state index in [1.807, 2.05) is 0 Å². The second kappa shape index (κ2) is 3.40. The first-order valence-corrected chi connectivity index (χ1v) is 3.73. The predicted molar refractivity (Wildman–Crippen MR) is 40.4 cm³/mol. The molecule has 0 bridgehead atoms. The van der Waals surface area contributed by atoms with Crippen molar-refractivity contribution >= 4 is 6.41 Å². The Balaban J connectivity index is 2.58. The number of amides is 1. The van der Waals surface area contributed by atoms with Crippen molar-refractivity contribution in [3.05, 3.63) is 11.3 Å². The number of hydrogen-bond donors (Lipinski definition) is 1. The van der Waals surface area contributed by atoms with Gasteiger partial charge in [-0.2, -0.15) is 0 Å². The van der Waals surface area contributed by atoms with Crippen LogP contribution in [-0.4, -0.2) is 6.41 Å². The summed E-state index contributed by atoms with van der Waals surface area (Å²) in [5, 5.41) is 2.73. The first kappa shape index (κ1) is 7.32. The predicted octanol–water partition coefficient (Wildman–Crippen LogP) is 1.58. The highest BCUT2D eigenvalue weighted by Crippen LogP contribution is 2.21. The molecule has 10 heavy (non-hydrogen) atoms. The molecule has 0 heterocycles. The molecule has 0 fully saturated rings. The highest BCUT2D eigenvalue weighted by molar-refractivity contribution is 5.50. The van der Waals surface area contributed by atoms with E-state index in [1.165, 1.54) is 18.4 Å². The molecule has 1 aliphatic rings. The van der Waals surface area contributed by atoms with Gasteiger partial charge in [0.25, 0.3) is 0 Å². The average molecular weight is 139 g/mol. The standard InChI is InChI=1S/C8H13NO/c1-7-4-2-3-5-8(7)9-6-10/h6H,2-5H2,1H3,(H,9,10). The van der Waals surface area contributed by atoms with Crippen LogP contribution in [0.1, 0.15) is 32.6 Å². The van der Waals surface area contributed by atoms with Crippen LogP contribution in [-0.2, 0) is 4.79 Å². The Morgan fingerprint density at radius 2 is 2.10 bits per heavy atom. The Kier molecular flexibility index (Phi) is 2.49. The SMILES string of the molecule is CC1=C(NC=O)CCCC1. The molecule has 0 aromatic heterocycles. The van der Waals surface area contributed by atoms with E-state index < -0.39 is 0 Å². The number of rotatable bonds is 2. The summed E-state index contributed by atoms with van der Waals surface area (Å²) in [7, 11) is 0. The zero-order valence-electron chi connectivity index (χ0n) is 6.31. The van der Waals surface area contributed by atoms with E-state index >= 15 is 0 Å². The van der Waals surface area contributed by atoms with Crippen LogP contribution >= 0.6 is 0 Å². The number of carbonyl (C=O) groups excluding carboxylic acids is 1. The van der Waals surface area contributed by atoms with Gasteiger partial charge in [-0.25, -0.2) is 0 Å². The van der Waals surface area contributed by atoms with Crippen LogP contribution < -0.4 is 5.32 Å². The van der Waals surface area contributed by atoms with E-state index in [2.05, 4.69) is 12.2 Å². The number of carbonyl (C=O) groups is 1. The molecule has 0 spiro atoms. The van der Waals surface area contributed by atoms with Crippen LogP contribution in [0.15, 0.2) is 11.3 Å². The van der Waals surface area contributed by atoms with E-state index in [-0.39, 0.29) is 0 Å². The number of allylic oxidation sites excluding steroid dienone is 2. The van der Waals surface area contributed by atoms with Crippen LogP contribution in [0.4, 0.5) is 0 Å². The van der Waals surface area contributed by atoms with Crippen molar-refractivity contribution in [2.24, 2.45) is 0 Å². The van der Waals surface area contributed by atoms with Gasteiger partial charge in [0.15, 0.2) is 0 Å². The average Bonchev–Trinajstić information content (AvgIpc) is 1.94. The van der Waals surface area contributed by atoms with Gasteiger partial charge in [-0.1, -0.05) is 5.57 Å².